The molecule has 0 aliphatic heterocycles. The Kier molecular flexibility index (Phi) is 5.53. The quantitative estimate of drug-likeness (QED) is 0.672. The predicted octanol–water partition coefficient (Wildman–Crippen LogP) is 3.68. The summed E-state index contributed by atoms with van der Waals surface area (Å²) in [5.74, 6) is 0.788. The molecule has 0 radical (unpaired) electrons. The van der Waals surface area contributed by atoms with Gasteiger partial charge in [-0.1, -0.05) is 0 Å². The molecule has 0 aromatic heterocycles. The lowest BCUT2D eigenvalue weighted by molar-refractivity contribution is 0.216. The maximum absolute atomic E-state index is 12.6. The van der Waals surface area contributed by atoms with Crippen LogP contribution in [-0.2, 0) is 18.3 Å². The van der Waals surface area contributed by atoms with E-state index in [0.29, 0.717) is 13.2 Å². The van der Waals surface area contributed by atoms with Gasteiger partial charge in [0.05, 0.1) is 25.6 Å². The van der Waals surface area contributed by atoms with Crippen LogP contribution in [0.5, 0.6) is 0 Å². The molecule has 0 atom stereocenters. The molecule has 0 fully saturated rings. The molecule has 0 saturated heterocycles. The van der Waals surface area contributed by atoms with Gasteiger partial charge in [-0.05, 0) is 33.1 Å². The first-order valence-corrected chi connectivity index (χ1v) is 7.38. The molecule has 1 rings (SSSR count). The second-order valence-electron chi connectivity index (χ2n) is 3.61. The summed E-state index contributed by atoms with van der Waals surface area (Å²) in [5, 5.41) is 0.741. The van der Waals surface area contributed by atoms with Crippen LogP contribution in [-0.4, -0.2) is 20.3 Å². The summed E-state index contributed by atoms with van der Waals surface area (Å²) in [7, 11) is -1.50. The van der Waals surface area contributed by atoms with Crippen molar-refractivity contribution in [3.63, 3.8) is 0 Å². The molecular weight excluding hydrogens is 227 g/mol. The predicted molar refractivity (Wildman–Crippen MR) is 63.4 cm³/mol. The second-order valence-corrected chi connectivity index (χ2v) is 5.67. The molecule has 16 heavy (non-hydrogen) atoms. The first-order chi connectivity index (χ1) is 7.68. The van der Waals surface area contributed by atoms with Crippen LogP contribution in [0.25, 0.3) is 0 Å². The van der Waals surface area contributed by atoms with Gasteiger partial charge in [0.25, 0.3) is 0 Å². The highest BCUT2D eigenvalue weighted by atomic mass is 31.2. The average Bonchev–Trinajstić information content (AvgIpc) is 2.29. The van der Waals surface area contributed by atoms with E-state index in [1.54, 1.807) is 7.11 Å². The van der Waals surface area contributed by atoms with E-state index in [4.69, 9.17) is 13.8 Å². The van der Waals surface area contributed by atoms with Crippen molar-refractivity contribution in [2.75, 3.05) is 20.3 Å². The van der Waals surface area contributed by atoms with Crippen LogP contribution in [0, 0.1) is 0 Å². The standard InChI is InChI=1S/C11H21O4P/c1-4-14-16(12,15-5-2)11-9-7-6-8-10(11)13-3/h4-9H2,1-3H3. The van der Waals surface area contributed by atoms with E-state index in [0.717, 1.165) is 36.8 Å². The topological polar surface area (TPSA) is 44.8 Å². The molecule has 1 aliphatic carbocycles. The zero-order valence-electron chi connectivity index (χ0n) is 10.3. The molecule has 0 aromatic rings. The number of ether oxygens (including phenoxy) is 1. The normalized spacial score (nSPS) is 17.7. The Morgan fingerprint density at radius 2 is 1.69 bits per heavy atom. The van der Waals surface area contributed by atoms with E-state index in [1.807, 2.05) is 13.8 Å². The minimum Gasteiger partial charge on any atom is -0.500 e. The summed E-state index contributed by atoms with van der Waals surface area (Å²) in [6.07, 6.45) is 3.67. The Morgan fingerprint density at radius 1 is 1.12 bits per heavy atom. The van der Waals surface area contributed by atoms with Crippen molar-refractivity contribution in [3.05, 3.63) is 11.1 Å². The van der Waals surface area contributed by atoms with Gasteiger partial charge >= 0.3 is 7.60 Å². The first-order valence-electron chi connectivity index (χ1n) is 5.83. The first kappa shape index (κ1) is 13.8. The van der Waals surface area contributed by atoms with Gasteiger partial charge in [0.1, 0.15) is 5.76 Å². The molecule has 0 amide bonds. The van der Waals surface area contributed by atoms with Gasteiger partial charge < -0.3 is 13.8 Å². The third-order valence-electron chi connectivity index (χ3n) is 2.56. The van der Waals surface area contributed by atoms with Crippen LogP contribution < -0.4 is 0 Å². The van der Waals surface area contributed by atoms with E-state index in [-0.39, 0.29) is 0 Å². The van der Waals surface area contributed by atoms with Crippen molar-refractivity contribution in [2.24, 2.45) is 0 Å². The number of hydrogen-bond donors (Lipinski definition) is 0. The van der Waals surface area contributed by atoms with Crippen molar-refractivity contribution in [1.82, 2.24) is 0 Å². The number of methoxy groups -OCH3 is 1. The fraction of sp³-hybridized carbons (Fsp3) is 0.818. The Labute approximate surface area is 97.5 Å². The fourth-order valence-electron chi connectivity index (χ4n) is 1.90. The van der Waals surface area contributed by atoms with Gasteiger partial charge in [-0.15, -0.1) is 0 Å². The van der Waals surface area contributed by atoms with Gasteiger partial charge in [-0.2, -0.15) is 0 Å². The lowest BCUT2D eigenvalue weighted by atomic mass is 10.1. The third kappa shape index (κ3) is 3.09. The van der Waals surface area contributed by atoms with E-state index < -0.39 is 7.60 Å². The molecule has 0 spiro atoms. The molecule has 4 nitrogen and oxygen atoms in total. The number of allylic oxidation sites excluding steroid dienone is 2. The molecule has 0 N–H and O–H groups in total. The van der Waals surface area contributed by atoms with E-state index in [2.05, 4.69) is 0 Å². The maximum atomic E-state index is 12.6. The van der Waals surface area contributed by atoms with Crippen molar-refractivity contribution in [3.8, 4) is 0 Å². The minimum absolute atomic E-state index is 0.387. The third-order valence-corrected chi connectivity index (χ3v) is 4.89. The zero-order valence-corrected chi connectivity index (χ0v) is 11.2. The van der Waals surface area contributed by atoms with Crippen LogP contribution in [0.15, 0.2) is 11.1 Å². The van der Waals surface area contributed by atoms with Gasteiger partial charge in [0, 0.05) is 6.42 Å². The molecule has 5 heteroatoms. The van der Waals surface area contributed by atoms with Gasteiger partial charge in [-0.3, -0.25) is 4.57 Å². The van der Waals surface area contributed by atoms with E-state index in [1.165, 1.54) is 0 Å². The van der Waals surface area contributed by atoms with Gasteiger partial charge in [-0.25, -0.2) is 0 Å². The van der Waals surface area contributed by atoms with Crippen molar-refractivity contribution < 1.29 is 18.3 Å². The summed E-state index contributed by atoms with van der Waals surface area (Å²) < 4.78 is 28.5. The monoisotopic (exact) mass is 248 g/mol. The summed E-state index contributed by atoms with van der Waals surface area (Å²) >= 11 is 0. The largest absolute Gasteiger partial charge is 0.500 e. The Hall–Kier alpha value is -0.310. The lowest BCUT2D eigenvalue weighted by Gasteiger charge is -2.25. The van der Waals surface area contributed by atoms with Crippen LogP contribution in [0.2, 0.25) is 0 Å². The van der Waals surface area contributed by atoms with Crippen LogP contribution >= 0.6 is 7.60 Å². The smallest absolute Gasteiger partial charge is 0.360 e. The van der Waals surface area contributed by atoms with E-state index >= 15 is 0 Å². The molecule has 0 bridgehead atoms. The molecule has 94 valence electrons. The molecule has 0 saturated carbocycles. The Balaban J connectivity index is 2.99. The van der Waals surface area contributed by atoms with Crippen LogP contribution in [0.1, 0.15) is 39.5 Å². The highest BCUT2D eigenvalue weighted by molar-refractivity contribution is 7.58. The Morgan fingerprint density at radius 3 is 2.19 bits per heavy atom. The molecule has 0 unspecified atom stereocenters. The molecule has 0 aromatic carbocycles. The fourth-order valence-corrected chi connectivity index (χ4v) is 3.91. The van der Waals surface area contributed by atoms with Crippen molar-refractivity contribution >= 4 is 7.60 Å². The van der Waals surface area contributed by atoms with Crippen LogP contribution in [0.3, 0.4) is 0 Å². The number of hydrogen-bond acceptors (Lipinski definition) is 4. The SMILES string of the molecule is CCOP(=O)(OCC)C1=C(OC)CCCC1. The molecule has 0 heterocycles. The van der Waals surface area contributed by atoms with E-state index in [9.17, 15) is 4.57 Å². The van der Waals surface area contributed by atoms with Crippen LogP contribution in [0.4, 0.5) is 0 Å². The van der Waals surface area contributed by atoms with Gasteiger partial charge in [0.15, 0.2) is 0 Å². The lowest BCUT2D eigenvalue weighted by Crippen LogP contribution is -2.07. The average molecular weight is 248 g/mol. The molecule has 1 aliphatic rings. The highest BCUT2D eigenvalue weighted by Gasteiger charge is 2.34. The maximum Gasteiger partial charge on any atom is 0.360 e. The van der Waals surface area contributed by atoms with Crippen molar-refractivity contribution in [1.29, 1.82) is 0 Å². The minimum atomic E-state index is -3.11. The summed E-state index contributed by atoms with van der Waals surface area (Å²) in [4.78, 5) is 0. The second kappa shape index (κ2) is 6.43. The summed E-state index contributed by atoms with van der Waals surface area (Å²) in [5.41, 5.74) is 0. The zero-order chi connectivity index (χ0) is 12.0. The highest BCUT2D eigenvalue weighted by Crippen LogP contribution is 2.60. The van der Waals surface area contributed by atoms with Gasteiger partial charge in [0.2, 0.25) is 0 Å². The summed E-state index contributed by atoms with van der Waals surface area (Å²) in [6, 6.07) is 0. The summed E-state index contributed by atoms with van der Waals surface area (Å²) in [6.45, 7) is 4.42. The Bertz CT molecular complexity index is 288. The van der Waals surface area contributed by atoms with Crippen molar-refractivity contribution in [2.45, 2.75) is 39.5 Å². The molecular formula is C11H21O4P. The number of rotatable bonds is 6.